The largest absolute Gasteiger partial charge is 0.484 e. The Kier molecular flexibility index (Phi) is 4.55. The van der Waals surface area contributed by atoms with Crippen LogP contribution in [0.15, 0.2) is 46.9 Å². The Morgan fingerprint density at radius 3 is 2.44 bits per heavy atom. The molecule has 2 aromatic carbocycles. The number of halogens is 2. The zero-order valence-corrected chi connectivity index (χ0v) is 15.2. The van der Waals surface area contributed by atoms with Crippen molar-refractivity contribution in [3.8, 4) is 5.75 Å². The van der Waals surface area contributed by atoms with Crippen molar-refractivity contribution in [2.45, 2.75) is 13.2 Å². The molecular formula is C18H11Cl2N3O4. The van der Waals surface area contributed by atoms with Crippen LogP contribution >= 0.6 is 23.2 Å². The fraction of sp³-hybridized carbons (Fsp3) is 0.111. The van der Waals surface area contributed by atoms with E-state index in [4.69, 9.17) is 32.4 Å². The van der Waals surface area contributed by atoms with E-state index in [1.54, 1.807) is 36.4 Å². The number of carbonyl (C=O) groups excluding carboxylic acids is 2. The van der Waals surface area contributed by atoms with Crippen molar-refractivity contribution in [2.75, 3.05) is 4.90 Å². The number of hydrogen-bond donors (Lipinski definition) is 0. The number of anilines is 1. The average Bonchev–Trinajstić information content (AvgIpc) is 3.20. The van der Waals surface area contributed by atoms with Gasteiger partial charge in [0.25, 0.3) is 17.6 Å². The number of ether oxygens (including phenoxy) is 1. The zero-order valence-electron chi connectivity index (χ0n) is 13.7. The minimum atomic E-state index is -0.663. The van der Waals surface area contributed by atoms with Crippen LogP contribution in [0.3, 0.4) is 0 Å². The van der Waals surface area contributed by atoms with Crippen LogP contribution in [0.1, 0.15) is 22.1 Å². The summed E-state index contributed by atoms with van der Waals surface area (Å²) in [5.41, 5.74) is 0.727. The fourth-order valence-electron chi connectivity index (χ4n) is 2.65. The summed E-state index contributed by atoms with van der Waals surface area (Å²) in [6, 6.07) is 11.5. The summed E-state index contributed by atoms with van der Waals surface area (Å²) in [4.78, 5) is 25.6. The third-order valence-electron chi connectivity index (χ3n) is 3.91. The van der Waals surface area contributed by atoms with E-state index in [0.717, 1.165) is 0 Å². The Morgan fingerprint density at radius 2 is 1.67 bits per heavy atom. The normalized spacial score (nSPS) is 13.2. The Labute approximate surface area is 163 Å². The standard InChI is InChI=1S/C18H11Cl2N3O4/c19-10-1-4-12(5-2-10)26-9-16-22-21-15(27-16)8-23-14-6-3-11(20)7-13(14)17(24)18(23)25/h1-7H,8-9H2. The fourth-order valence-corrected chi connectivity index (χ4v) is 2.95. The molecule has 136 valence electrons. The molecule has 0 radical (unpaired) electrons. The number of amides is 1. The van der Waals surface area contributed by atoms with Crippen LogP contribution in [0, 0.1) is 0 Å². The highest BCUT2D eigenvalue weighted by molar-refractivity contribution is 6.52. The lowest BCUT2D eigenvalue weighted by atomic mass is 10.1. The molecule has 7 nitrogen and oxygen atoms in total. The van der Waals surface area contributed by atoms with Crippen LogP contribution in [0.5, 0.6) is 5.75 Å². The van der Waals surface area contributed by atoms with Crippen LogP contribution in [-0.4, -0.2) is 21.9 Å². The van der Waals surface area contributed by atoms with Crippen molar-refractivity contribution < 1.29 is 18.7 Å². The van der Waals surface area contributed by atoms with Crippen LogP contribution in [-0.2, 0) is 17.9 Å². The number of nitrogens with zero attached hydrogens (tertiary/aromatic N) is 3. The van der Waals surface area contributed by atoms with Gasteiger partial charge >= 0.3 is 0 Å². The lowest BCUT2D eigenvalue weighted by molar-refractivity contribution is -0.114. The summed E-state index contributed by atoms with van der Waals surface area (Å²) < 4.78 is 11.0. The summed E-state index contributed by atoms with van der Waals surface area (Å²) >= 11 is 11.7. The van der Waals surface area contributed by atoms with Gasteiger partial charge in [-0.15, -0.1) is 10.2 Å². The summed E-state index contributed by atoms with van der Waals surface area (Å²) in [6.45, 7) is 0.0425. The predicted molar refractivity (Wildman–Crippen MR) is 97.1 cm³/mol. The Balaban J connectivity index is 1.46. The first kappa shape index (κ1) is 17.5. The highest BCUT2D eigenvalue weighted by Gasteiger charge is 2.36. The van der Waals surface area contributed by atoms with Crippen molar-refractivity contribution in [3.05, 3.63) is 69.9 Å². The molecule has 0 atom stereocenters. The second kappa shape index (κ2) is 7.02. The lowest BCUT2D eigenvalue weighted by Crippen LogP contribution is -2.29. The number of fused-ring (bicyclic) bond motifs is 1. The van der Waals surface area contributed by atoms with Crippen molar-refractivity contribution in [3.63, 3.8) is 0 Å². The van der Waals surface area contributed by atoms with Crippen LogP contribution in [0.4, 0.5) is 5.69 Å². The monoisotopic (exact) mass is 403 g/mol. The summed E-state index contributed by atoms with van der Waals surface area (Å²) in [5, 5.41) is 8.79. The minimum Gasteiger partial charge on any atom is -0.484 e. The number of Topliss-reactive ketones (excluding diaryl/α,β-unsaturated/α-hetero) is 1. The van der Waals surface area contributed by atoms with E-state index in [1.165, 1.54) is 11.0 Å². The van der Waals surface area contributed by atoms with Crippen molar-refractivity contribution in [1.82, 2.24) is 10.2 Å². The number of rotatable bonds is 5. The van der Waals surface area contributed by atoms with E-state index in [2.05, 4.69) is 10.2 Å². The highest BCUT2D eigenvalue weighted by Crippen LogP contribution is 2.32. The summed E-state index contributed by atoms with van der Waals surface area (Å²) in [7, 11) is 0. The van der Waals surface area contributed by atoms with Crippen molar-refractivity contribution in [2.24, 2.45) is 0 Å². The molecule has 9 heteroatoms. The lowest BCUT2D eigenvalue weighted by Gasteiger charge is -2.13. The van der Waals surface area contributed by atoms with Crippen LogP contribution in [0.25, 0.3) is 0 Å². The van der Waals surface area contributed by atoms with Gasteiger partial charge in [-0.1, -0.05) is 23.2 Å². The van der Waals surface area contributed by atoms with Gasteiger partial charge in [0.2, 0.25) is 5.89 Å². The molecule has 1 amide bonds. The van der Waals surface area contributed by atoms with Gasteiger partial charge in [-0.05, 0) is 42.5 Å². The molecule has 0 fully saturated rings. The number of aromatic nitrogens is 2. The maximum absolute atomic E-state index is 12.2. The molecule has 1 aromatic heterocycles. The molecule has 0 unspecified atom stereocenters. The Morgan fingerprint density at radius 1 is 0.963 bits per heavy atom. The van der Waals surface area contributed by atoms with E-state index in [9.17, 15) is 9.59 Å². The molecular weight excluding hydrogens is 393 g/mol. The first-order valence-corrected chi connectivity index (χ1v) is 8.62. The zero-order chi connectivity index (χ0) is 19.0. The molecule has 4 rings (SSSR count). The number of carbonyl (C=O) groups is 2. The third kappa shape index (κ3) is 3.51. The van der Waals surface area contributed by atoms with E-state index in [1.807, 2.05) is 0 Å². The maximum Gasteiger partial charge on any atom is 0.299 e. The second-order valence-corrected chi connectivity index (χ2v) is 6.59. The molecule has 0 saturated carbocycles. The van der Waals surface area contributed by atoms with E-state index in [-0.39, 0.29) is 30.5 Å². The van der Waals surface area contributed by atoms with Crippen molar-refractivity contribution in [1.29, 1.82) is 0 Å². The molecule has 1 aliphatic rings. The minimum absolute atomic E-state index is 0.0207. The highest BCUT2D eigenvalue weighted by atomic mass is 35.5. The van der Waals surface area contributed by atoms with Crippen LogP contribution in [0.2, 0.25) is 10.0 Å². The van der Waals surface area contributed by atoms with Gasteiger partial charge in [0, 0.05) is 10.0 Å². The first-order chi connectivity index (χ1) is 13.0. The summed E-state index contributed by atoms with van der Waals surface area (Å²) in [5.74, 6) is -0.240. The quantitative estimate of drug-likeness (QED) is 0.603. The molecule has 1 aliphatic heterocycles. The third-order valence-corrected chi connectivity index (χ3v) is 4.40. The molecule has 0 spiro atoms. The summed E-state index contributed by atoms with van der Waals surface area (Å²) in [6.07, 6.45) is 0. The second-order valence-electron chi connectivity index (χ2n) is 5.71. The van der Waals surface area contributed by atoms with Gasteiger partial charge in [-0.3, -0.25) is 14.5 Å². The first-order valence-electron chi connectivity index (χ1n) is 7.86. The molecule has 0 N–H and O–H groups in total. The van der Waals surface area contributed by atoms with Crippen molar-refractivity contribution >= 4 is 40.6 Å². The molecule has 3 aromatic rings. The molecule has 2 heterocycles. The SMILES string of the molecule is O=C1C(=O)N(Cc2nnc(COc3ccc(Cl)cc3)o2)c2ccc(Cl)cc21. The number of hydrogen-bond acceptors (Lipinski definition) is 6. The maximum atomic E-state index is 12.2. The average molecular weight is 404 g/mol. The molecule has 0 saturated heterocycles. The van der Waals surface area contributed by atoms with Gasteiger partial charge in [-0.25, -0.2) is 0 Å². The number of ketones is 1. The smallest absolute Gasteiger partial charge is 0.299 e. The predicted octanol–water partition coefficient (Wildman–Crippen LogP) is 3.68. The van der Waals surface area contributed by atoms with E-state index in [0.29, 0.717) is 21.5 Å². The van der Waals surface area contributed by atoms with E-state index < -0.39 is 11.7 Å². The Bertz CT molecular complexity index is 1030. The van der Waals surface area contributed by atoms with Gasteiger partial charge < -0.3 is 9.15 Å². The molecule has 27 heavy (non-hydrogen) atoms. The van der Waals surface area contributed by atoms with Gasteiger partial charge in [0.1, 0.15) is 12.3 Å². The topological polar surface area (TPSA) is 85.5 Å². The van der Waals surface area contributed by atoms with Gasteiger partial charge in [0.15, 0.2) is 6.61 Å². The number of benzene rings is 2. The van der Waals surface area contributed by atoms with E-state index >= 15 is 0 Å². The molecule has 0 aliphatic carbocycles. The van der Waals surface area contributed by atoms with Crippen LogP contribution < -0.4 is 9.64 Å². The molecule has 0 bridgehead atoms. The Hall–Kier alpha value is -2.90. The van der Waals surface area contributed by atoms with Gasteiger partial charge in [-0.2, -0.15) is 0 Å². The van der Waals surface area contributed by atoms with Gasteiger partial charge in [0.05, 0.1) is 11.3 Å².